The number of rotatable bonds is 4. The lowest BCUT2D eigenvalue weighted by molar-refractivity contribution is -0.115. The molecule has 0 bridgehead atoms. The molecule has 0 unspecified atom stereocenters. The van der Waals surface area contributed by atoms with Crippen molar-refractivity contribution < 1.29 is 9.53 Å². The number of hydrogen-bond acceptors (Lipinski definition) is 3. The Bertz CT molecular complexity index is 868. The summed E-state index contributed by atoms with van der Waals surface area (Å²) >= 11 is 5.90. The fourth-order valence-electron chi connectivity index (χ4n) is 2.59. The molecule has 0 saturated heterocycles. The number of nitrogens with one attached hydrogen (secondary N) is 1. The molecule has 1 aliphatic heterocycles. The summed E-state index contributed by atoms with van der Waals surface area (Å²) in [6.07, 6.45) is 1.75. The highest BCUT2D eigenvalue weighted by Crippen LogP contribution is 2.27. The van der Waals surface area contributed by atoms with E-state index >= 15 is 0 Å². The predicted molar refractivity (Wildman–Crippen MR) is 101 cm³/mol. The fourth-order valence-corrected chi connectivity index (χ4v) is 2.71. The van der Waals surface area contributed by atoms with Gasteiger partial charge in [-0.15, -0.1) is 0 Å². The van der Waals surface area contributed by atoms with Gasteiger partial charge in [0.2, 0.25) is 0 Å². The van der Waals surface area contributed by atoms with E-state index in [0.29, 0.717) is 28.2 Å². The lowest BCUT2D eigenvalue weighted by atomic mass is 10.00. The number of nitrogens with zero attached hydrogens (tertiary/aromatic N) is 1. The number of halogens is 1. The first-order valence-electron chi connectivity index (χ1n) is 8.03. The molecule has 0 saturated carbocycles. The molecule has 4 nitrogen and oxygen atoms in total. The SMILES string of the molecule is COc1ccc(C(C)C)cc1/C=C1\N=C(c2ccc(Cl)cc2)NC1=O. The highest BCUT2D eigenvalue weighted by atomic mass is 35.5. The molecule has 1 heterocycles. The lowest BCUT2D eigenvalue weighted by Crippen LogP contribution is -2.24. The quantitative estimate of drug-likeness (QED) is 0.828. The third kappa shape index (κ3) is 3.74. The molecule has 0 radical (unpaired) electrons. The number of hydrogen-bond donors (Lipinski definition) is 1. The Balaban J connectivity index is 1.99. The summed E-state index contributed by atoms with van der Waals surface area (Å²) in [7, 11) is 1.61. The van der Waals surface area contributed by atoms with Crippen LogP contribution in [-0.2, 0) is 4.79 Å². The molecule has 0 aromatic heterocycles. The molecule has 0 aliphatic carbocycles. The van der Waals surface area contributed by atoms with E-state index in [1.165, 1.54) is 5.56 Å². The largest absolute Gasteiger partial charge is 0.496 e. The molecule has 2 aromatic carbocycles. The maximum Gasteiger partial charge on any atom is 0.275 e. The highest BCUT2D eigenvalue weighted by Gasteiger charge is 2.21. The summed E-state index contributed by atoms with van der Waals surface area (Å²) < 4.78 is 5.41. The minimum absolute atomic E-state index is 0.234. The molecule has 1 aliphatic rings. The molecule has 1 amide bonds. The van der Waals surface area contributed by atoms with Crippen molar-refractivity contribution in [1.29, 1.82) is 0 Å². The van der Waals surface area contributed by atoms with Crippen LogP contribution in [0.25, 0.3) is 6.08 Å². The first kappa shape index (κ1) is 17.2. The second kappa shape index (κ2) is 7.11. The Morgan fingerprint density at radius 3 is 2.52 bits per heavy atom. The zero-order valence-electron chi connectivity index (χ0n) is 14.3. The van der Waals surface area contributed by atoms with Gasteiger partial charge in [0.15, 0.2) is 0 Å². The van der Waals surface area contributed by atoms with Crippen LogP contribution in [0.1, 0.15) is 36.5 Å². The Morgan fingerprint density at radius 2 is 1.88 bits per heavy atom. The normalized spacial score (nSPS) is 15.5. The van der Waals surface area contributed by atoms with Gasteiger partial charge in [-0.2, -0.15) is 0 Å². The Labute approximate surface area is 152 Å². The zero-order chi connectivity index (χ0) is 18.0. The van der Waals surface area contributed by atoms with Crippen LogP contribution >= 0.6 is 11.6 Å². The van der Waals surface area contributed by atoms with Gasteiger partial charge in [-0.05, 0) is 54.0 Å². The van der Waals surface area contributed by atoms with E-state index < -0.39 is 0 Å². The molecule has 0 spiro atoms. The van der Waals surface area contributed by atoms with Gasteiger partial charge in [-0.3, -0.25) is 4.79 Å². The number of carbonyl (C=O) groups is 1. The molecule has 25 heavy (non-hydrogen) atoms. The highest BCUT2D eigenvalue weighted by molar-refractivity contribution is 6.30. The first-order valence-corrected chi connectivity index (χ1v) is 8.41. The zero-order valence-corrected chi connectivity index (χ0v) is 15.1. The van der Waals surface area contributed by atoms with Crippen molar-refractivity contribution in [3.8, 4) is 5.75 Å². The molecule has 0 atom stereocenters. The topological polar surface area (TPSA) is 50.7 Å². The summed E-state index contributed by atoms with van der Waals surface area (Å²) in [5.41, 5.74) is 3.17. The molecule has 0 fully saturated rings. The number of ether oxygens (including phenoxy) is 1. The Hall–Kier alpha value is -2.59. The van der Waals surface area contributed by atoms with Crippen LogP contribution in [0, 0.1) is 0 Å². The summed E-state index contributed by atoms with van der Waals surface area (Å²) in [6, 6.07) is 13.2. The molecule has 1 N–H and O–H groups in total. The van der Waals surface area contributed by atoms with Crippen molar-refractivity contribution in [2.75, 3.05) is 7.11 Å². The van der Waals surface area contributed by atoms with E-state index in [-0.39, 0.29) is 5.91 Å². The number of benzene rings is 2. The van der Waals surface area contributed by atoms with Crippen molar-refractivity contribution in [3.63, 3.8) is 0 Å². The van der Waals surface area contributed by atoms with Gasteiger partial charge in [-0.25, -0.2) is 4.99 Å². The summed E-state index contributed by atoms with van der Waals surface area (Å²) in [6.45, 7) is 4.25. The van der Waals surface area contributed by atoms with E-state index in [4.69, 9.17) is 16.3 Å². The van der Waals surface area contributed by atoms with Crippen LogP contribution in [0.3, 0.4) is 0 Å². The average Bonchev–Trinajstić information content (AvgIpc) is 2.96. The van der Waals surface area contributed by atoms with Gasteiger partial charge in [0.1, 0.15) is 17.3 Å². The van der Waals surface area contributed by atoms with Gasteiger partial charge in [0.25, 0.3) is 5.91 Å². The maximum atomic E-state index is 12.3. The van der Waals surface area contributed by atoms with E-state index in [1.54, 1.807) is 25.3 Å². The van der Waals surface area contributed by atoms with Crippen LogP contribution in [0.15, 0.2) is 53.2 Å². The molecular formula is C20H19ClN2O2. The van der Waals surface area contributed by atoms with Crippen molar-refractivity contribution >= 4 is 29.4 Å². The number of amides is 1. The van der Waals surface area contributed by atoms with Gasteiger partial charge in [0.05, 0.1) is 7.11 Å². The van der Waals surface area contributed by atoms with E-state index in [9.17, 15) is 4.79 Å². The van der Waals surface area contributed by atoms with E-state index in [2.05, 4.69) is 24.2 Å². The minimum atomic E-state index is -0.234. The number of methoxy groups -OCH3 is 1. The number of aliphatic imine (C=N–C) groups is 1. The second-order valence-corrected chi connectivity index (χ2v) is 6.54. The van der Waals surface area contributed by atoms with E-state index in [1.807, 2.05) is 30.3 Å². The van der Waals surface area contributed by atoms with Crippen LogP contribution in [0.2, 0.25) is 5.02 Å². The van der Waals surface area contributed by atoms with Crippen molar-refractivity contribution in [2.45, 2.75) is 19.8 Å². The molecule has 5 heteroatoms. The monoisotopic (exact) mass is 354 g/mol. The molecule has 3 rings (SSSR count). The fraction of sp³-hybridized carbons (Fsp3) is 0.200. The minimum Gasteiger partial charge on any atom is -0.496 e. The molecule has 2 aromatic rings. The van der Waals surface area contributed by atoms with Crippen molar-refractivity contribution in [1.82, 2.24) is 5.32 Å². The van der Waals surface area contributed by atoms with Gasteiger partial charge >= 0.3 is 0 Å². The van der Waals surface area contributed by atoms with Crippen LogP contribution < -0.4 is 10.1 Å². The average molecular weight is 355 g/mol. The van der Waals surface area contributed by atoms with Crippen LogP contribution in [0.5, 0.6) is 5.75 Å². The summed E-state index contributed by atoms with van der Waals surface area (Å²) in [4.78, 5) is 16.7. The number of amidine groups is 1. The summed E-state index contributed by atoms with van der Waals surface area (Å²) in [5, 5.41) is 3.43. The Kier molecular flexibility index (Phi) is 4.91. The number of carbonyl (C=O) groups excluding carboxylic acids is 1. The standard InChI is InChI=1S/C20H19ClN2O2/c1-12(2)14-6-9-18(25-3)15(10-14)11-17-20(24)23-19(22-17)13-4-7-16(21)8-5-13/h4-12H,1-3H3,(H,22,23,24)/b17-11-. The van der Waals surface area contributed by atoms with Crippen LogP contribution in [-0.4, -0.2) is 18.9 Å². The Morgan fingerprint density at radius 1 is 1.16 bits per heavy atom. The second-order valence-electron chi connectivity index (χ2n) is 6.11. The maximum absolute atomic E-state index is 12.3. The lowest BCUT2D eigenvalue weighted by Gasteiger charge is -2.10. The van der Waals surface area contributed by atoms with Gasteiger partial charge in [-0.1, -0.05) is 31.5 Å². The third-order valence-electron chi connectivity index (χ3n) is 4.03. The summed E-state index contributed by atoms with van der Waals surface area (Å²) in [5.74, 6) is 1.38. The first-order chi connectivity index (χ1) is 12.0. The third-order valence-corrected chi connectivity index (χ3v) is 4.28. The predicted octanol–water partition coefficient (Wildman–Crippen LogP) is 4.39. The van der Waals surface area contributed by atoms with Crippen molar-refractivity contribution in [2.24, 2.45) is 4.99 Å². The molecular weight excluding hydrogens is 336 g/mol. The smallest absolute Gasteiger partial charge is 0.275 e. The van der Waals surface area contributed by atoms with E-state index in [0.717, 1.165) is 11.1 Å². The van der Waals surface area contributed by atoms with Crippen LogP contribution in [0.4, 0.5) is 0 Å². The molecule has 128 valence electrons. The van der Waals surface area contributed by atoms with Gasteiger partial charge < -0.3 is 10.1 Å². The van der Waals surface area contributed by atoms with Crippen molar-refractivity contribution in [3.05, 3.63) is 69.9 Å². The van der Waals surface area contributed by atoms with Gasteiger partial charge in [0, 0.05) is 16.1 Å².